The van der Waals surface area contributed by atoms with Crippen LogP contribution in [0.15, 0.2) is 43.0 Å². The van der Waals surface area contributed by atoms with Gasteiger partial charge < -0.3 is 15.0 Å². The van der Waals surface area contributed by atoms with Crippen LogP contribution in [-0.2, 0) is 6.54 Å². The van der Waals surface area contributed by atoms with Gasteiger partial charge in [0.25, 0.3) is 0 Å². The van der Waals surface area contributed by atoms with Crippen molar-refractivity contribution in [3.8, 4) is 5.75 Å². The molecule has 0 radical (unpaired) electrons. The maximum Gasteiger partial charge on any atom is 0.119 e. The Morgan fingerprint density at radius 3 is 2.72 bits per heavy atom. The second-order valence-corrected chi connectivity index (χ2v) is 4.36. The molecule has 0 amide bonds. The Labute approximate surface area is 107 Å². The van der Waals surface area contributed by atoms with E-state index in [-0.39, 0.29) is 6.04 Å². The summed E-state index contributed by atoms with van der Waals surface area (Å²) in [4.78, 5) is 4.00. The van der Waals surface area contributed by atoms with Crippen LogP contribution in [0.4, 0.5) is 0 Å². The zero-order valence-corrected chi connectivity index (χ0v) is 10.6. The number of aryl methyl sites for hydroxylation is 1. The van der Waals surface area contributed by atoms with Gasteiger partial charge in [-0.05, 0) is 31.0 Å². The van der Waals surface area contributed by atoms with Crippen molar-refractivity contribution >= 4 is 0 Å². The van der Waals surface area contributed by atoms with Crippen LogP contribution < -0.4 is 10.5 Å². The highest BCUT2D eigenvalue weighted by Gasteiger charge is 1.99. The van der Waals surface area contributed by atoms with Crippen LogP contribution in [0.5, 0.6) is 5.75 Å². The van der Waals surface area contributed by atoms with Gasteiger partial charge in [0.1, 0.15) is 5.75 Å². The summed E-state index contributed by atoms with van der Waals surface area (Å²) in [6.45, 7) is 3.61. The molecule has 4 heteroatoms. The van der Waals surface area contributed by atoms with Crippen LogP contribution in [-0.4, -0.2) is 16.2 Å². The lowest BCUT2D eigenvalue weighted by Crippen LogP contribution is -2.05. The molecule has 0 bridgehead atoms. The third-order valence-corrected chi connectivity index (χ3v) is 2.79. The third kappa shape index (κ3) is 3.60. The fourth-order valence-electron chi connectivity index (χ4n) is 1.72. The van der Waals surface area contributed by atoms with E-state index in [1.807, 2.05) is 48.3 Å². The Kier molecular flexibility index (Phi) is 4.36. The number of nitrogens with two attached hydrogens (primary N) is 1. The van der Waals surface area contributed by atoms with Crippen LogP contribution in [0.3, 0.4) is 0 Å². The number of rotatable bonds is 6. The molecule has 0 unspecified atom stereocenters. The first kappa shape index (κ1) is 12.6. The largest absolute Gasteiger partial charge is 0.494 e. The van der Waals surface area contributed by atoms with Gasteiger partial charge in [0.15, 0.2) is 0 Å². The minimum atomic E-state index is 0.0697. The lowest BCUT2D eigenvalue weighted by atomic mass is 10.1. The van der Waals surface area contributed by atoms with Crippen LogP contribution in [0.25, 0.3) is 0 Å². The van der Waals surface area contributed by atoms with Gasteiger partial charge in [-0.1, -0.05) is 12.1 Å². The number of benzene rings is 1. The molecule has 0 saturated carbocycles. The topological polar surface area (TPSA) is 53.1 Å². The van der Waals surface area contributed by atoms with Crippen molar-refractivity contribution in [2.45, 2.75) is 25.9 Å². The van der Waals surface area contributed by atoms with E-state index < -0.39 is 0 Å². The lowest BCUT2D eigenvalue weighted by Gasteiger charge is -2.09. The molecule has 0 spiro atoms. The molecule has 2 rings (SSSR count). The second-order valence-electron chi connectivity index (χ2n) is 4.36. The quantitative estimate of drug-likeness (QED) is 0.795. The van der Waals surface area contributed by atoms with Gasteiger partial charge >= 0.3 is 0 Å². The molecule has 96 valence electrons. The third-order valence-electron chi connectivity index (χ3n) is 2.79. The van der Waals surface area contributed by atoms with Gasteiger partial charge in [-0.15, -0.1) is 0 Å². The summed E-state index contributed by atoms with van der Waals surface area (Å²) in [5, 5.41) is 0. The Morgan fingerprint density at radius 1 is 1.33 bits per heavy atom. The van der Waals surface area contributed by atoms with E-state index in [1.165, 1.54) is 0 Å². The zero-order valence-electron chi connectivity index (χ0n) is 10.6. The molecule has 1 aromatic carbocycles. The minimum absolute atomic E-state index is 0.0697. The fourth-order valence-corrected chi connectivity index (χ4v) is 1.72. The number of hydrogen-bond acceptors (Lipinski definition) is 3. The van der Waals surface area contributed by atoms with Crippen molar-refractivity contribution in [1.29, 1.82) is 0 Å². The average Bonchev–Trinajstić information content (AvgIpc) is 2.88. The number of ether oxygens (including phenoxy) is 1. The highest BCUT2D eigenvalue weighted by Crippen LogP contribution is 2.16. The Hall–Kier alpha value is -1.81. The molecule has 2 N–H and O–H groups in total. The molecule has 1 atom stereocenters. The van der Waals surface area contributed by atoms with Crippen LogP contribution >= 0.6 is 0 Å². The highest BCUT2D eigenvalue weighted by atomic mass is 16.5. The van der Waals surface area contributed by atoms with E-state index in [2.05, 4.69) is 4.98 Å². The average molecular weight is 245 g/mol. The van der Waals surface area contributed by atoms with Gasteiger partial charge in [0.05, 0.1) is 12.9 Å². The fraction of sp³-hybridized carbons (Fsp3) is 0.357. The highest BCUT2D eigenvalue weighted by molar-refractivity contribution is 5.28. The standard InChI is InChI=1S/C14H19N3O/c1-12(15)13-3-5-14(6-4-13)18-10-2-8-17-9-7-16-11-17/h3-7,9,11-12H,2,8,10,15H2,1H3/t12-/m1/s1. The molecule has 0 aliphatic carbocycles. The molecule has 1 heterocycles. The zero-order chi connectivity index (χ0) is 12.8. The summed E-state index contributed by atoms with van der Waals surface area (Å²) in [6, 6.07) is 8.03. The van der Waals surface area contributed by atoms with Crippen molar-refractivity contribution < 1.29 is 4.74 Å². The van der Waals surface area contributed by atoms with Crippen molar-refractivity contribution in [2.24, 2.45) is 5.73 Å². The molecule has 0 aliphatic heterocycles. The van der Waals surface area contributed by atoms with Crippen LogP contribution in [0.1, 0.15) is 24.9 Å². The van der Waals surface area contributed by atoms with Gasteiger partial charge in [0.2, 0.25) is 0 Å². The number of aromatic nitrogens is 2. The second kappa shape index (κ2) is 6.21. The van der Waals surface area contributed by atoms with Crippen molar-refractivity contribution in [2.75, 3.05) is 6.61 Å². The van der Waals surface area contributed by atoms with Crippen molar-refractivity contribution in [3.63, 3.8) is 0 Å². The maximum atomic E-state index is 5.79. The first-order valence-electron chi connectivity index (χ1n) is 6.20. The smallest absolute Gasteiger partial charge is 0.119 e. The summed E-state index contributed by atoms with van der Waals surface area (Å²) in [5.74, 6) is 0.894. The van der Waals surface area contributed by atoms with Gasteiger partial charge in [-0.2, -0.15) is 0 Å². The minimum Gasteiger partial charge on any atom is -0.494 e. The van der Waals surface area contributed by atoms with E-state index in [4.69, 9.17) is 10.5 Å². The van der Waals surface area contributed by atoms with Crippen LogP contribution in [0.2, 0.25) is 0 Å². The van der Waals surface area contributed by atoms with Crippen molar-refractivity contribution in [3.05, 3.63) is 48.5 Å². The summed E-state index contributed by atoms with van der Waals surface area (Å²) in [5.41, 5.74) is 6.92. The summed E-state index contributed by atoms with van der Waals surface area (Å²) in [6.07, 6.45) is 6.52. The van der Waals surface area contributed by atoms with E-state index in [0.717, 1.165) is 24.3 Å². The molecule has 4 nitrogen and oxygen atoms in total. The number of hydrogen-bond donors (Lipinski definition) is 1. The van der Waals surface area contributed by atoms with Gasteiger partial charge in [-0.25, -0.2) is 4.98 Å². The van der Waals surface area contributed by atoms with Gasteiger partial charge in [0, 0.05) is 25.0 Å². The Bertz CT molecular complexity index is 448. The molecule has 1 aromatic heterocycles. The molecule has 0 fully saturated rings. The molecule has 0 saturated heterocycles. The first-order chi connectivity index (χ1) is 8.75. The van der Waals surface area contributed by atoms with Crippen LogP contribution in [0, 0.1) is 0 Å². The Morgan fingerprint density at radius 2 is 2.11 bits per heavy atom. The molecular formula is C14H19N3O. The SMILES string of the molecule is C[C@@H](N)c1ccc(OCCCn2ccnc2)cc1. The predicted octanol–water partition coefficient (Wildman–Crippen LogP) is 2.37. The predicted molar refractivity (Wildman–Crippen MR) is 71.4 cm³/mol. The first-order valence-corrected chi connectivity index (χ1v) is 6.20. The Balaban J connectivity index is 1.73. The summed E-state index contributed by atoms with van der Waals surface area (Å²) < 4.78 is 7.71. The maximum absolute atomic E-state index is 5.79. The lowest BCUT2D eigenvalue weighted by molar-refractivity contribution is 0.301. The molecule has 18 heavy (non-hydrogen) atoms. The van der Waals surface area contributed by atoms with Gasteiger partial charge in [-0.3, -0.25) is 0 Å². The van der Waals surface area contributed by atoms with E-state index >= 15 is 0 Å². The van der Waals surface area contributed by atoms with E-state index in [1.54, 1.807) is 6.20 Å². The number of nitrogens with zero attached hydrogens (tertiary/aromatic N) is 2. The van der Waals surface area contributed by atoms with E-state index in [9.17, 15) is 0 Å². The monoisotopic (exact) mass is 245 g/mol. The van der Waals surface area contributed by atoms with Crippen molar-refractivity contribution in [1.82, 2.24) is 9.55 Å². The number of imidazole rings is 1. The molecule has 2 aromatic rings. The molecular weight excluding hydrogens is 226 g/mol. The summed E-state index contributed by atoms with van der Waals surface area (Å²) >= 11 is 0. The summed E-state index contributed by atoms with van der Waals surface area (Å²) in [7, 11) is 0. The van der Waals surface area contributed by atoms with E-state index in [0.29, 0.717) is 6.61 Å². The molecule has 0 aliphatic rings. The normalized spacial score (nSPS) is 12.3.